The lowest BCUT2D eigenvalue weighted by molar-refractivity contribution is -0.130. The topological polar surface area (TPSA) is 118 Å². The van der Waals surface area contributed by atoms with E-state index in [1.54, 1.807) is 23.0 Å². The van der Waals surface area contributed by atoms with Crippen LogP contribution in [0.25, 0.3) is 11.2 Å². The second-order valence-electron chi connectivity index (χ2n) is 9.77. The summed E-state index contributed by atoms with van der Waals surface area (Å²) in [6, 6.07) is 9.62. The van der Waals surface area contributed by atoms with Gasteiger partial charge in [-0.1, -0.05) is 6.08 Å². The molecule has 12 heteroatoms. The maximum absolute atomic E-state index is 12.5. The lowest BCUT2D eigenvalue weighted by Crippen LogP contribution is -2.47. The Balaban J connectivity index is 1.17. The molecular formula is C27H28N10O2. The van der Waals surface area contributed by atoms with Crippen molar-refractivity contribution in [2.45, 2.75) is 12.8 Å². The number of aromatic nitrogens is 7. The Morgan fingerprint density at radius 1 is 1.10 bits per heavy atom. The number of likely N-dealkylation sites (tertiary alicyclic amines) is 1. The van der Waals surface area contributed by atoms with Crippen LogP contribution in [0.2, 0.25) is 0 Å². The molecule has 1 aliphatic rings. The average molecular weight is 525 g/mol. The zero-order valence-electron chi connectivity index (χ0n) is 21.9. The fourth-order valence-corrected chi connectivity index (χ4v) is 4.58. The molecule has 0 unspecified atom stereocenters. The first-order valence-corrected chi connectivity index (χ1v) is 12.6. The van der Waals surface area contributed by atoms with Gasteiger partial charge in [0, 0.05) is 49.6 Å². The monoisotopic (exact) mass is 524 g/mol. The van der Waals surface area contributed by atoms with Crippen molar-refractivity contribution in [1.29, 1.82) is 0 Å². The first kappa shape index (κ1) is 24.5. The molecule has 4 aromatic heterocycles. The number of nitrogens with one attached hydrogen (secondary N) is 1. The molecule has 1 aliphatic heterocycles. The summed E-state index contributed by atoms with van der Waals surface area (Å²) in [6.07, 6.45) is 10.0. The Kier molecular flexibility index (Phi) is 6.37. The summed E-state index contributed by atoms with van der Waals surface area (Å²) in [5.41, 5.74) is 4.48. The largest absolute Gasteiger partial charge is 0.439 e. The lowest BCUT2D eigenvalue weighted by Gasteiger charge is -2.38. The van der Waals surface area contributed by atoms with Crippen LogP contribution >= 0.6 is 0 Å². The molecule has 1 N–H and O–H groups in total. The second kappa shape index (κ2) is 10.1. The number of benzene rings is 1. The van der Waals surface area contributed by atoms with E-state index in [2.05, 4.69) is 36.5 Å². The number of anilines is 2. The third-order valence-electron chi connectivity index (χ3n) is 6.65. The number of amides is 1. The van der Waals surface area contributed by atoms with Crippen molar-refractivity contribution in [3.8, 4) is 11.6 Å². The van der Waals surface area contributed by atoms with Gasteiger partial charge in [-0.25, -0.2) is 24.0 Å². The van der Waals surface area contributed by atoms with Crippen LogP contribution in [0.15, 0.2) is 67.7 Å². The third-order valence-corrected chi connectivity index (χ3v) is 6.65. The second-order valence-corrected chi connectivity index (χ2v) is 9.77. The predicted octanol–water partition coefficient (Wildman–Crippen LogP) is 3.05. The number of ether oxygens (including phenoxy) is 1. The Morgan fingerprint density at radius 3 is 2.74 bits per heavy atom. The molecule has 0 saturated carbocycles. The molecule has 0 radical (unpaired) electrons. The van der Waals surface area contributed by atoms with E-state index in [4.69, 9.17) is 4.74 Å². The highest BCUT2D eigenvalue weighted by Crippen LogP contribution is 2.34. The highest BCUT2D eigenvalue weighted by Gasteiger charge is 2.33. The summed E-state index contributed by atoms with van der Waals surface area (Å²) in [5.74, 6) is 2.09. The van der Waals surface area contributed by atoms with E-state index < -0.39 is 0 Å². The summed E-state index contributed by atoms with van der Waals surface area (Å²) >= 11 is 0. The van der Waals surface area contributed by atoms with Gasteiger partial charge in [0.15, 0.2) is 11.5 Å². The van der Waals surface area contributed by atoms with E-state index in [1.807, 2.05) is 65.8 Å². The van der Waals surface area contributed by atoms with Crippen molar-refractivity contribution in [3.63, 3.8) is 0 Å². The molecule has 1 aromatic carbocycles. The fourth-order valence-electron chi connectivity index (χ4n) is 4.58. The number of hydrogen-bond donors (Lipinski definition) is 1. The van der Waals surface area contributed by atoms with Crippen LogP contribution in [0.3, 0.4) is 0 Å². The first-order chi connectivity index (χ1) is 18.9. The number of aryl methyl sites for hydroxylation is 1. The number of hydrogen-bond acceptors (Lipinski definition) is 9. The van der Waals surface area contributed by atoms with Crippen molar-refractivity contribution < 1.29 is 9.53 Å². The molecule has 0 atom stereocenters. The molecule has 0 aliphatic carbocycles. The van der Waals surface area contributed by atoms with Gasteiger partial charge >= 0.3 is 0 Å². The Bertz CT molecular complexity index is 1680. The molecule has 39 heavy (non-hydrogen) atoms. The van der Waals surface area contributed by atoms with Gasteiger partial charge in [0.05, 0.1) is 0 Å². The smallest absolute Gasteiger partial charge is 0.246 e. The third kappa shape index (κ3) is 5.01. The summed E-state index contributed by atoms with van der Waals surface area (Å²) < 4.78 is 9.40. The van der Waals surface area contributed by atoms with Gasteiger partial charge in [0.25, 0.3) is 0 Å². The highest BCUT2D eigenvalue weighted by atomic mass is 16.5. The van der Waals surface area contributed by atoms with E-state index in [1.165, 1.54) is 12.7 Å². The molecule has 1 amide bonds. The van der Waals surface area contributed by atoms with Crippen molar-refractivity contribution in [3.05, 3.63) is 78.8 Å². The number of carbonyl (C=O) groups excluding carboxylic acids is 1. The van der Waals surface area contributed by atoms with E-state index in [9.17, 15) is 4.79 Å². The number of rotatable bonds is 8. The minimum Gasteiger partial charge on any atom is -0.439 e. The number of likely N-dealkylation sites (N-methyl/N-ethyl adjacent to an activating group) is 1. The summed E-state index contributed by atoms with van der Waals surface area (Å²) in [7, 11) is 3.95. The van der Waals surface area contributed by atoms with E-state index in [0.29, 0.717) is 36.2 Å². The summed E-state index contributed by atoms with van der Waals surface area (Å²) in [6.45, 7) is 4.04. The van der Waals surface area contributed by atoms with Crippen LogP contribution in [0, 0.1) is 6.92 Å². The van der Waals surface area contributed by atoms with Crippen molar-refractivity contribution in [2.24, 2.45) is 0 Å². The zero-order chi connectivity index (χ0) is 26.9. The SMILES string of the molecule is Cc1cc(Nc2ncnn3ccc(C4CN(C(=O)/C=C/CN(C)C)C4)c23)ccc1Oc1cc2ncnn2cn1. The molecule has 1 fully saturated rings. The minimum absolute atomic E-state index is 0.0422. The molecule has 12 nitrogen and oxygen atoms in total. The summed E-state index contributed by atoms with van der Waals surface area (Å²) in [4.78, 5) is 29.3. The Labute approximate surface area is 224 Å². The molecule has 1 saturated heterocycles. The van der Waals surface area contributed by atoms with Crippen LogP contribution in [0.5, 0.6) is 11.6 Å². The normalized spacial score (nSPS) is 14.0. The maximum Gasteiger partial charge on any atom is 0.246 e. The van der Waals surface area contributed by atoms with Crippen molar-refractivity contribution in [2.75, 3.05) is 39.0 Å². The van der Waals surface area contributed by atoms with Gasteiger partial charge in [0.2, 0.25) is 11.8 Å². The molecular weight excluding hydrogens is 496 g/mol. The molecule has 6 rings (SSSR count). The first-order valence-electron chi connectivity index (χ1n) is 12.6. The van der Waals surface area contributed by atoms with Crippen LogP contribution < -0.4 is 10.1 Å². The lowest BCUT2D eigenvalue weighted by atomic mass is 9.92. The van der Waals surface area contributed by atoms with Crippen molar-refractivity contribution in [1.82, 2.24) is 44.0 Å². The zero-order valence-corrected chi connectivity index (χ0v) is 21.9. The van der Waals surface area contributed by atoms with Crippen LogP contribution in [0.1, 0.15) is 17.0 Å². The maximum atomic E-state index is 12.5. The fraction of sp³-hybridized carbons (Fsp3) is 0.259. The van der Waals surface area contributed by atoms with Gasteiger partial charge in [0.1, 0.15) is 30.2 Å². The number of nitrogens with zero attached hydrogens (tertiary/aromatic N) is 9. The number of carbonyl (C=O) groups is 1. The van der Waals surface area contributed by atoms with Gasteiger partial charge in [-0.2, -0.15) is 10.2 Å². The highest BCUT2D eigenvalue weighted by molar-refractivity contribution is 5.88. The van der Waals surface area contributed by atoms with Crippen LogP contribution in [-0.2, 0) is 4.79 Å². The van der Waals surface area contributed by atoms with E-state index >= 15 is 0 Å². The van der Waals surface area contributed by atoms with E-state index in [-0.39, 0.29) is 11.8 Å². The molecule has 5 aromatic rings. The van der Waals surface area contributed by atoms with Gasteiger partial charge in [-0.05, 0) is 56.4 Å². The molecule has 0 spiro atoms. The molecule has 0 bridgehead atoms. The van der Waals surface area contributed by atoms with Crippen molar-refractivity contribution >= 4 is 28.6 Å². The summed E-state index contributed by atoms with van der Waals surface area (Å²) in [5, 5.41) is 11.9. The standard InChI is InChI=1S/C27H28N10O2/c1-18-11-20(6-7-22(18)39-24-12-23-28-15-32-37(23)17-30-24)33-27-26-21(8-10-36(26)31-16-29-27)19-13-35(14-19)25(38)5-4-9-34(2)3/h4-8,10-12,15-17,19H,9,13-14H2,1-3H3,(H,29,31,33)/b5-4+. The predicted molar refractivity (Wildman–Crippen MR) is 145 cm³/mol. The molecule has 5 heterocycles. The van der Waals surface area contributed by atoms with Crippen LogP contribution in [-0.4, -0.2) is 83.6 Å². The van der Waals surface area contributed by atoms with Gasteiger partial charge in [-0.3, -0.25) is 4.79 Å². The Morgan fingerprint density at radius 2 is 1.92 bits per heavy atom. The van der Waals surface area contributed by atoms with Crippen LogP contribution in [0.4, 0.5) is 11.5 Å². The quantitative estimate of drug-likeness (QED) is 0.306. The average Bonchev–Trinajstić information content (AvgIpc) is 3.52. The van der Waals surface area contributed by atoms with Gasteiger partial charge in [-0.15, -0.1) is 0 Å². The number of fused-ring (bicyclic) bond motifs is 2. The van der Waals surface area contributed by atoms with E-state index in [0.717, 1.165) is 28.9 Å². The minimum atomic E-state index is 0.0422. The Hall–Kier alpha value is -4.84. The molecule has 198 valence electrons. The van der Waals surface area contributed by atoms with Gasteiger partial charge < -0.3 is 19.9 Å².